The number of nitrogens with zero attached hydrogens (tertiary/aromatic N) is 2. The van der Waals surface area contributed by atoms with Gasteiger partial charge in [-0.25, -0.2) is 0 Å². The number of ether oxygens (including phenoxy) is 1. The monoisotopic (exact) mass is 350 g/mol. The van der Waals surface area contributed by atoms with Gasteiger partial charge in [-0.1, -0.05) is 0 Å². The molecule has 7 heteroatoms. The Labute approximate surface area is 149 Å². The molecule has 4 aliphatic rings. The lowest BCUT2D eigenvalue weighted by Crippen LogP contribution is -2.55. The molecule has 1 spiro atoms. The van der Waals surface area contributed by atoms with Crippen LogP contribution in [0.2, 0.25) is 0 Å². The van der Waals surface area contributed by atoms with Gasteiger partial charge in [0.2, 0.25) is 11.8 Å². The zero-order chi connectivity index (χ0) is 17.4. The maximum Gasteiger partial charge on any atom is 0.243 e. The van der Waals surface area contributed by atoms with E-state index in [1.54, 1.807) is 0 Å². The third-order valence-electron chi connectivity index (χ3n) is 6.68. The molecule has 0 radical (unpaired) electrons. The fraction of sp³-hybridized carbons (Fsp3) is 0.889. The van der Waals surface area contributed by atoms with E-state index in [0.29, 0.717) is 19.0 Å². The molecule has 2 N–H and O–H groups in total. The Morgan fingerprint density at radius 1 is 1.16 bits per heavy atom. The van der Waals surface area contributed by atoms with Crippen LogP contribution in [-0.4, -0.2) is 85.2 Å². The van der Waals surface area contributed by atoms with E-state index in [9.17, 15) is 9.59 Å². The lowest BCUT2D eigenvalue weighted by molar-refractivity contribution is -0.135. The molecule has 7 nitrogen and oxygen atoms in total. The summed E-state index contributed by atoms with van der Waals surface area (Å²) in [6.45, 7) is 4.04. The predicted molar refractivity (Wildman–Crippen MR) is 93.1 cm³/mol. The van der Waals surface area contributed by atoms with E-state index in [0.717, 1.165) is 58.4 Å². The minimum atomic E-state index is -0.328. The average molecular weight is 350 g/mol. The Kier molecular flexibility index (Phi) is 4.73. The molecule has 4 aliphatic heterocycles. The number of nitrogens with one attached hydrogen (secondary N) is 2. The summed E-state index contributed by atoms with van der Waals surface area (Å²) < 4.78 is 5.46. The van der Waals surface area contributed by atoms with Gasteiger partial charge >= 0.3 is 0 Å². The van der Waals surface area contributed by atoms with Gasteiger partial charge in [-0.3, -0.25) is 14.5 Å². The summed E-state index contributed by atoms with van der Waals surface area (Å²) in [5, 5.41) is 6.58. The first-order valence-corrected chi connectivity index (χ1v) is 9.70. The van der Waals surface area contributed by atoms with Crippen LogP contribution in [0.25, 0.3) is 0 Å². The molecule has 0 unspecified atom stereocenters. The van der Waals surface area contributed by atoms with Crippen LogP contribution in [0, 0.1) is 0 Å². The third kappa shape index (κ3) is 3.29. The fourth-order valence-corrected chi connectivity index (χ4v) is 5.01. The Hall–Kier alpha value is -1.18. The number of hydrogen-bond acceptors (Lipinski definition) is 5. The van der Waals surface area contributed by atoms with Gasteiger partial charge in [-0.05, 0) is 52.2 Å². The summed E-state index contributed by atoms with van der Waals surface area (Å²) in [4.78, 5) is 30.1. The van der Waals surface area contributed by atoms with Gasteiger partial charge in [0.05, 0.1) is 12.0 Å². The third-order valence-corrected chi connectivity index (χ3v) is 6.68. The maximum absolute atomic E-state index is 12.9. The Morgan fingerprint density at radius 3 is 2.60 bits per heavy atom. The van der Waals surface area contributed by atoms with Crippen molar-refractivity contribution < 1.29 is 14.3 Å². The van der Waals surface area contributed by atoms with Gasteiger partial charge in [0.15, 0.2) is 0 Å². The highest BCUT2D eigenvalue weighted by atomic mass is 16.5. The van der Waals surface area contributed by atoms with Gasteiger partial charge in [0, 0.05) is 31.8 Å². The van der Waals surface area contributed by atoms with E-state index in [-0.39, 0.29) is 29.4 Å². The van der Waals surface area contributed by atoms with Gasteiger partial charge in [-0.2, -0.15) is 0 Å². The van der Waals surface area contributed by atoms with Crippen molar-refractivity contribution in [2.24, 2.45) is 0 Å². The van der Waals surface area contributed by atoms with Gasteiger partial charge < -0.3 is 20.3 Å². The number of carbonyl (C=O) groups is 2. The average Bonchev–Trinajstić information content (AvgIpc) is 3.05. The molecule has 0 aromatic carbocycles. The zero-order valence-corrected chi connectivity index (χ0v) is 15.1. The fourth-order valence-electron chi connectivity index (χ4n) is 5.01. The molecule has 0 saturated carbocycles. The van der Waals surface area contributed by atoms with Crippen molar-refractivity contribution in [3.8, 4) is 0 Å². The summed E-state index contributed by atoms with van der Waals surface area (Å²) >= 11 is 0. The molecule has 4 rings (SSSR count). The highest BCUT2D eigenvalue weighted by Crippen LogP contribution is 2.33. The summed E-state index contributed by atoms with van der Waals surface area (Å²) in [5.74, 6) is 0.198. The van der Waals surface area contributed by atoms with Crippen molar-refractivity contribution >= 4 is 11.8 Å². The standard InChI is InChI=1S/C18H30N4O3/c1-21(13-2-8-25-9-3-13)14-10-15-17(24)20-18(4-6-19-7-5-18)11-16(23)22(15)12-14/h13-15,19H,2-12H2,1H3,(H,20,24)/t14-,15-/m0/s1. The Balaban J connectivity index is 1.46. The first kappa shape index (κ1) is 17.2. The lowest BCUT2D eigenvalue weighted by Gasteiger charge is -2.37. The quantitative estimate of drug-likeness (QED) is 0.716. The van der Waals surface area contributed by atoms with E-state index in [1.165, 1.54) is 0 Å². The van der Waals surface area contributed by atoms with Crippen LogP contribution >= 0.6 is 0 Å². The second-order valence-corrected chi connectivity index (χ2v) is 8.16. The van der Waals surface area contributed by atoms with E-state index in [1.807, 2.05) is 4.90 Å². The molecule has 4 fully saturated rings. The number of likely N-dealkylation sites (N-methyl/N-ethyl adjacent to an activating group) is 1. The minimum absolute atomic E-state index is 0.0515. The summed E-state index contributed by atoms with van der Waals surface area (Å²) in [7, 11) is 2.14. The number of piperidine rings is 1. The van der Waals surface area contributed by atoms with Crippen molar-refractivity contribution in [2.75, 3.05) is 39.9 Å². The summed E-state index contributed by atoms with van der Waals surface area (Å²) in [6, 6.07) is 0.468. The van der Waals surface area contributed by atoms with Crippen LogP contribution in [0.3, 0.4) is 0 Å². The molecule has 0 bridgehead atoms. The smallest absolute Gasteiger partial charge is 0.243 e. The molecular weight excluding hydrogens is 320 g/mol. The van der Waals surface area contributed by atoms with E-state index >= 15 is 0 Å². The summed E-state index contributed by atoms with van der Waals surface area (Å²) in [6.07, 6.45) is 4.96. The second kappa shape index (κ2) is 6.85. The van der Waals surface area contributed by atoms with Crippen molar-refractivity contribution in [2.45, 2.75) is 62.2 Å². The number of carbonyl (C=O) groups excluding carboxylic acids is 2. The van der Waals surface area contributed by atoms with Crippen LogP contribution in [0.15, 0.2) is 0 Å². The maximum atomic E-state index is 12.9. The van der Waals surface area contributed by atoms with Crippen LogP contribution in [0.5, 0.6) is 0 Å². The number of hydrogen-bond donors (Lipinski definition) is 2. The predicted octanol–water partition coefficient (Wildman–Crippen LogP) is -0.291. The van der Waals surface area contributed by atoms with Crippen molar-refractivity contribution in [3.05, 3.63) is 0 Å². The molecule has 2 amide bonds. The van der Waals surface area contributed by atoms with Crippen LogP contribution in [-0.2, 0) is 14.3 Å². The highest BCUT2D eigenvalue weighted by molar-refractivity contribution is 5.92. The lowest BCUT2D eigenvalue weighted by atomic mass is 9.85. The van der Waals surface area contributed by atoms with Gasteiger partial charge in [0.25, 0.3) is 0 Å². The van der Waals surface area contributed by atoms with Crippen molar-refractivity contribution in [1.82, 2.24) is 20.4 Å². The molecule has 2 atom stereocenters. The molecule has 4 saturated heterocycles. The SMILES string of the molecule is CN(C1CCOCC1)[C@H]1C[C@H]2C(=O)NC3(CCNCC3)CC(=O)N2C1. The normalized spacial score (nSPS) is 33.4. The molecule has 0 aliphatic carbocycles. The molecule has 0 aromatic rings. The number of amides is 2. The van der Waals surface area contributed by atoms with Crippen LogP contribution < -0.4 is 10.6 Å². The molecule has 140 valence electrons. The number of fused-ring (bicyclic) bond motifs is 1. The molecular formula is C18H30N4O3. The van der Waals surface area contributed by atoms with Crippen molar-refractivity contribution in [1.29, 1.82) is 0 Å². The number of rotatable bonds is 2. The van der Waals surface area contributed by atoms with E-state index in [4.69, 9.17) is 4.74 Å². The molecule has 4 heterocycles. The molecule has 0 aromatic heterocycles. The van der Waals surface area contributed by atoms with Gasteiger partial charge in [0.1, 0.15) is 6.04 Å². The molecule has 25 heavy (non-hydrogen) atoms. The first-order chi connectivity index (χ1) is 12.1. The zero-order valence-electron chi connectivity index (χ0n) is 15.1. The van der Waals surface area contributed by atoms with Crippen molar-refractivity contribution in [3.63, 3.8) is 0 Å². The first-order valence-electron chi connectivity index (χ1n) is 9.70. The second-order valence-electron chi connectivity index (χ2n) is 8.16. The Bertz CT molecular complexity index is 500. The Morgan fingerprint density at radius 2 is 1.88 bits per heavy atom. The van der Waals surface area contributed by atoms with Gasteiger partial charge in [-0.15, -0.1) is 0 Å². The van der Waals surface area contributed by atoms with E-state index in [2.05, 4.69) is 22.6 Å². The topological polar surface area (TPSA) is 73.9 Å². The minimum Gasteiger partial charge on any atom is -0.381 e. The van der Waals surface area contributed by atoms with Crippen LogP contribution in [0.1, 0.15) is 38.5 Å². The van der Waals surface area contributed by atoms with E-state index < -0.39 is 0 Å². The largest absolute Gasteiger partial charge is 0.381 e. The summed E-state index contributed by atoms with van der Waals surface area (Å²) in [5.41, 5.74) is -0.328. The highest BCUT2D eigenvalue weighted by Gasteiger charge is 2.49. The van der Waals surface area contributed by atoms with Crippen LogP contribution in [0.4, 0.5) is 0 Å².